The summed E-state index contributed by atoms with van der Waals surface area (Å²) in [7, 11) is 0. The van der Waals surface area contributed by atoms with Crippen molar-refractivity contribution in [2.45, 2.75) is 31.9 Å². The van der Waals surface area contributed by atoms with Gasteiger partial charge in [-0.25, -0.2) is 0 Å². The molecule has 1 aliphatic heterocycles. The van der Waals surface area contributed by atoms with Crippen LogP contribution in [0.15, 0.2) is 0 Å². The predicted octanol–water partition coefficient (Wildman–Crippen LogP) is 0.529. The highest BCUT2D eigenvalue weighted by Gasteiger charge is 2.13. The van der Waals surface area contributed by atoms with Crippen molar-refractivity contribution in [3.8, 4) is 0 Å². The summed E-state index contributed by atoms with van der Waals surface area (Å²) in [5.74, 6) is 0. The average molecular weight is 159 g/mol. The molecular formula is C8H17NO2. The van der Waals surface area contributed by atoms with Gasteiger partial charge in [0, 0.05) is 19.3 Å². The van der Waals surface area contributed by atoms with Crippen LogP contribution in [0, 0.1) is 0 Å². The summed E-state index contributed by atoms with van der Waals surface area (Å²) < 4.78 is 10.7. The maximum Gasteiger partial charge on any atom is 0.0619 e. The van der Waals surface area contributed by atoms with Gasteiger partial charge in [-0.05, 0) is 19.8 Å². The molecule has 1 fully saturated rings. The molecule has 3 nitrogen and oxygen atoms in total. The fourth-order valence-electron chi connectivity index (χ4n) is 1.13. The quantitative estimate of drug-likeness (QED) is 0.653. The Balaban J connectivity index is 2.05. The van der Waals surface area contributed by atoms with Crippen LogP contribution in [0.2, 0.25) is 0 Å². The van der Waals surface area contributed by atoms with Gasteiger partial charge in [0.1, 0.15) is 0 Å². The Labute approximate surface area is 67.9 Å². The lowest BCUT2D eigenvalue weighted by Crippen LogP contribution is -2.29. The molecule has 0 bridgehead atoms. The molecule has 1 saturated heterocycles. The van der Waals surface area contributed by atoms with Crippen molar-refractivity contribution in [1.82, 2.24) is 0 Å². The monoisotopic (exact) mass is 159 g/mol. The van der Waals surface area contributed by atoms with E-state index in [0.29, 0.717) is 12.7 Å². The van der Waals surface area contributed by atoms with Gasteiger partial charge in [0.05, 0.1) is 12.7 Å². The van der Waals surface area contributed by atoms with Gasteiger partial charge >= 0.3 is 0 Å². The average Bonchev–Trinajstić information content (AvgIpc) is 2.03. The van der Waals surface area contributed by atoms with E-state index in [4.69, 9.17) is 15.2 Å². The fourth-order valence-corrected chi connectivity index (χ4v) is 1.13. The molecule has 0 amide bonds. The van der Waals surface area contributed by atoms with E-state index in [1.54, 1.807) is 0 Å². The van der Waals surface area contributed by atoms with Crippen LogP contribution in [0.1, 0.15) is 19.8 Å². The zero-order valence-electron chi connectivity index (χ0n) is 7.08. The maximum atomic E-state index is 5.55. The summed E-state index contributed by atoms with van der Waals surface area (Å²) in [6, 6.07) is 0.151. The first-order valence-electron chi connectivity index (χ1n) is 4.24. The van der Waals surface area contributed by atoms with Crippen molar-refractivity contribution in [2.75, 3.05) is 19.8 Å². The van der Waals surface area contributed by atoms with Crippen LogP contribution in [0.4, 0.5) is 0 Å². The number of hydrogen-bond donors (Lipinski definition) is 1. The number of rotatable bonds is 3. The summed E-state index contributed by atoms with van der Waals surface area (Å²) >= 11 is 0. The third-order valence-corrected chi connectivity index (χ3v) is 1.76. The number of nitrogens with two attached hydrogens (primary N) is 1. The molecule has 0 saturated carbocycles. The van der Waals surface area contributed by atoms with Gasteiger partial charge in [-0.2, -0.15) is 0 Å². The molecule has 2 N–H and O–H groups in total. The second kappa shape index (κ2) is 4.70. The first-order chi connectivity index (χ1) is 5.29. The van der Waals surface area contributed by atoms with E-state index in [1.165, 1.54) is 0 Å². The van der Waals surface area contributed by atoms with Crippen LogP contribution >= 0.6 is 0 Å². The van der Waals surface area contributed by atoms with Crippen LogP contribution in [0.25, 0.3) is 0 Å². The lowest BCUT2D eigenvalue weighted by molar-refractivity contribution is -0.0345. The predicted molar refractivity (Wildman–Crippen MR) is 43.4 cm³/mol. The molecule has 0 aromatic carbocycles. The van der Waals surface area contributed by atoms with E-state index < -0.39 is 0 Å². The van der Waals surface area contributed by atoms with Gasteiger partial charge in [-0.3, -0.25) is 0 Å². The Morgan fingerprint density at radius 2 is 2.18 bits per heavy atom. The van der Waals surface area contributed by atoms with Crippen molar-refractivity contribution in [1.29, 1.82) is 0 Å². The van der Waals surface area contributed by atoms with Crippen molar-refractivity contribution < 1.29 is 9.47 Å². The fraction of sp³-hybridized carbons (Fsp3) is 1.00. The zero-order chi connectivity index (χ0) is 8.10. The highest BCUT2D eigenvalue weighted by molar-refractivity contribution is 4.63. The minimum atomic E-state index is 0.151. The first-order valence-corrected chi connectivity index (χ1v) is 4.24. The van der Waals surface area contributed by atoms with E-state index >= 15 is 0 Å². The summed E-state index contributed by atoms with van der Waals surface area (Å²) in [6.45, 7) is 4.30. The smallest absolute Gasteiger partial charge is 0.0619 e. The highest BCUT2D eigenvalue weighted by Crippen LogP contribution is 2.10. The van der Waals surface area contributed by atoms with Crippen molar-refractivity contribution in [3.63, 3.8) is 0 Å². The highest BCUT2D eigenvalue weighted by atomic mass is 16.5. The Hall–Kier alpha value is -0.120. The van der Waals surface area contributed by atoms with Gasteiger partial charge in [-0.15, -0.1) is 0 Å². The molecular weight excluding hydrogens is 142 g/mol. The molecule has 11 heavy (non-hydrogen) atoms. The van der Waals surface area contributed by atoms with Crippen LogP contribution < -0.4 is 5.73 Å². The van der Waals surface area contributed by atoms with E-state index in [0.717, 1.165) is 26.1 Å². The van der Waals surface area contributed by atoms with Crippen molar-refractivity contribution in [3.05, 3.63) is 0 Å². The summed E-state index contributed by atoms with van der Waals surface area (Å²) in [4.78, 5) is 0. The molecule has 0 spiro atoms. The number of hydrogen-bond acceptors (Lipinski definition) is 3. The third-order valence-electron chi connectivity index (χ3n) is 1.76. The molecule has 0 radical (unpaired) electrons. The van der Waals surface area contributed by atoms with Crippen LogP contribution in [0.3, 0.4) is 0 Å². The minimum absolute atomic E-state index is 0.151. The van der Waals surface area contributed by atoms with E-state index in [9.17, 15) is 0 Å². The van der Waals surface area contributed by atoms with Gasteiger partial charge in [0.25, 0.3) is 0 Å². The van der Waals surface area contributed by atoms with Gasteiger partial charge in [0.2, 0.25) is 0 Å². The summed E-state index contributed by atoms with van der Waals surface area (Å²) in [6.07, 6.45) is 2.43. The Morgan fingerprint density at radius 3 is 2.73 bits per heavy atom. The normalized spacial score (nSPS) is 23.5. The zero-order valence-corrected chi connectivity index (χ0v) is 7.08. The molecule has 66 valence electrons. The lowest BCUT2D eigenvalue weighted by Gasteiger charge is -2.23. The minimum Gasteiger partial charge on any atom is -0.381 e. The third kappa shape index (κ3) is 3.70. The van der Waals surface area contributed by atoms with Gasteiger partial charge < -0.3 is 15.2 Å². The second-order valence-electron chi connectivity index (χ2n) is 3.12. The summed E-state index contributed by atoms with van der Waals surface area (Å²) in [5.41, 5.74) is 5.55. The Morgan fingerprint density at radius 1 is 1.55 bits per heavy atom. The molecule has 0 aliphatic carbocycles. The Kier molecular flexibility index (Phi) is 3.83. The van der Waals surface area contributed by atoms with E-state index in [-0.39, 0.29) is 6.04 Å². The van der Waals surface area contributed by atoms with Crippen LogP contribution in [-0.2, 0) is 9.47 Å². The second-order valence-corrected chi connectivity index (χ2v) is 3.12. The maximum absolute atomic E-state index is 5.55. The summed E-state index contributed by atoms with van der Waals surface area (Å²) in [5, 5.41) is 0. The van der Waals surface area contributed by atoms with Crippen LogP contribution in [-0.4, -0.2) is 32.0 Å². The standard InChI is InChI=1S/C8H17NO2/c1-7(9)6-11-8-2-4-10-5-3-8/h7-8H,2-6,9H2,1H3. The lowest BCUT2D eigenvalue weighted by atomic mass is 10.1. The molecule has 1 aliphatic rings. The first kappa shape index (κ1) is 8.97. The largest absolute Gasteiger partial charge is 0.381 e. The van der Waals surface area contributed by atoms with Crippen LogP contribution in [0.5, 0.6) is 0 Å². The molecule has 1 unspecified atom stereocenters. The molecule has 1 heterocycles. The van der Waals surface area contributed by atoms with Crippen molar-refractivity contribution >= 4 is 0 Å². The van der Waals surface area contributed by atoms with Crippen molar-refractivity contribution in [2.24, 2.45) is 5.73 Å². The van der Waals surface area contributed by atoms with Gasteiger partial charge in [-0.1, -0.05) is 0 Å². The molecule has 1 atom stereocenters. The topological polar surface area (TPSA) is 44.5 Å². The van der Waals surface area contributed by atoms with E-state index in [2.05, 4.69) is 0 Å². The molecule has 3 heteroatoms. The SMILES string of the molecule is CC(N)COC1CCOCC1. The Bertz CT molecular complexity index is 100. The van der Waals surface area contributed by atoms with E-state index in [1.807, 2.05) is 6.92 Å². The number of ether oxygens (including phenoxy) is 2. The molecule has 1 rings (SSSR count). The van der Waals surface area contributed by atoms with Gasteiger partial charge in [0.15, 0.2) is 0 Å². The molecule has 0 aromatic heterocycles. The molecule has 0 aromatic rings.